The second-order valence-corrected chi connectivity index (χ2v) is 7.73. The third-order valence-corrected chi connectivity index (χ3v) is 5.14. The molecule has 0 bridgehead atoms. The molecule has 2 aromatic rings. The maximum Gasteiger partial charge on any atom is 0.253 e. The van der Waals surface area contributed by atoms with E-state index in [4.69, 9.17) is 0 Å². The Morgan fingerprint density at radius 2 is 1.83 bits per heavy atom. The minimum absolute atomic E-state index is 0.0204. The Labute approximate surface area is 137 Å². The van der Waals surface area contributed by atoms with Crippen LogP contribution < -0.4 is 5.32 Å². The zero-order chi connectivity index (χ0) is 15.9. The van der Waals surface area contributed by atoms with Crippen LogP contribution >= 0.6 is 0 Å². The molecule has 2 fully saturated rings. The summed E-state index contributed by atoms with van der Waals surface area (Å²) in [5.41, 5.74) is 1.54. The molecule has 3 heteroatoms. The van der Waals surface area contributed by atoms with E-state index in [2.05, 4.69) is 17.2 Å². The van der Waals surface area contributed by atoms with Crippen molar-refractivity contribution in [1.82, 2.24) is 10.3 Å². The maximum atomic E-state index is 12.8. The second-order valence-electron chi connectivity index (χ2n) is 7.73. The largest absolute Gasteiger partial charge is 0.347 e. The molecule has 2 saturated carbocycles. The summed E-state index contributed by atoms with van der Waals surface area (Å²) in [5, 5.41) is 4.36. The van der Waals surface area contributed by atoms with Gasteiger partial charge in [0.15, 0.2) is 0 Å². The van der Waals surface area contributed by atoms with Gasteiger partial charge in [-0.05, 0) is 43.7 Å². The van der Waals surface area contributed by atoms with Crippen molar-refractivity contribution in [3.63, 3.8) is 0 Å². The number of hydrogen-bond acceptors (Lipinski definition) is 2. The summed E-state index contributed by atoms with van der Waals surface area (Å²) in [6.07, 6.45) is 9.25. The number of rotatable bonds is 6. The molecule has 23 heavy (non-hydrogen) atoms. The van der Waals surface area contributed by atoms with Gasteiger partial charge in [0, 0.05) is 17.1 Å². The van der Waals surface area contributed by atoms with Crippen LogP contribution in [0.2, 0.25) is 0 Å². The Hall–Kier alpha value is -1.90. The lowest BCUT2D eigenvalue weighted by Crippen LogP contribution is -2.46. The topological polar surface area (TPSA) is 42.0 Å². The average Bonchev–Trinajstić information content (AvgIpc) is 3.44. The first-order chi connectivity index (χ1) is 11.1. The first-order valence-corrected chi connectivity index (χ1v) is 8.79. The Kier molecular flexibility index (Phi) is 3.59. The minimum atomic E-state index is -0.0644. The van der Waals surface area contributed by atoms with Gasteiger partial charge in [0.05, 0.1) is 11.1 Å². The Bertz CT molecular complexity index is 717. The summed E-state index contributed by atoms with van der Waals surface area (Å²) in [4.78, 5) is 17.2. The number of nitrogens with one attached hydrogen (secondary N) is 1. The van der Waals surface area contributed by atoms with E-state index in [1.54, 1.807) is 6.20 Å². The molecule has 120 valence electrons. The summed E-state index contributed by atoms with van der Waals surface area (Å²) < 4.78 is 0. The van der Waals surface area contributed by atoms with Gasteiger partial charge in [-0.1, -0.05) is 43.9 Å². The first kappa shape index (κ1) is 14.7. The van der Waals surface area contributed by atoms with E-state index in [1.165, 1.54) is 25.7 Å². The SMILES string of the molecule is CC(CC1CC1)(CC1CC1)NC(=O)c1cnc2ccccc2c1. The fraction of sp³-hybridized carbons (Fsp3) is 0.500. The van der Waals surface area contributed by atoms with E-state index < -0.39 is 0 Å². The van der Waals surface area contributed by atoms with E-state index in [0.29, 0.717) is 5.56 Å². The van der Waals surface area contributed by atoms with Gasteiger partial charge < -0.3 is 5.32 Å². The van der Waals surface area contributed by atoms with Gasteiger partial charge in [0.25, 0.3) is 5.91 Å². The van der Waals surface area contributed by atoms with E-state index in [-0.39, 0.29) is 11.4 Å². The highest BCUT2D eigenvalue weighted by molar-refractivity contribution is 5.97. The standard InChI is InChI=1S/C20H24N2O/c1-20(11-14-6-7-14,12-15-8-9-15)22-19(23)17-10-16-4-2-3-5-18(16)21-13-17/h2-5,10,13-15H,6-9,11-12H2,1H3,(H,22,23). The number of carbonyl (C=O) groups excluding carboxylic acids is 1. The minimum Gasteiger partial charge on any atom is -0.347 e. The van der Waals surface area contributed by atoms with Crippen molar-refractivity contribution in [2.45, 2.75) is 51.0 Å². The van der Waals surface area contributed by atoms with Crippen LogP contribution in [0.3, 0.4) is 0 Å². The summed E-state index contributed by atoms with van der Waals surface area (Å²) >= 11 is 0. The van der Waals surface area contributed by atoms with Crippen LogP contribution in [0.1, 0.15) is 55.8 Å². The molecule has 0 saturated heterocycles. The number of pyridine rings is 1. The number of benzene rings is 1. The molecule has 1 amide bonds. The molecule has 0 atom stereocenters. The van der Waals surface area contributed by atoms with E-state index >= 15 is 0 Å². The Balaban J connectivity index is 1.53. The summed E-state index contributed by atoms with van der Waals surface area (Å²) in [6.45, 7) is 2.23. The molecule has 1 aromatic heterocycles. The Morgan fingerprint density at radius 3 is 2.48 bits per heavy atom. The van der Waals surface area contributed by atoms with Gasteiger partial charge in [-0.2, -0.15) is 0 Å². The predicted octanol–water partition coefficient (Wildman–Crippen LogP) is 4.32. The number of nitrogens with zero attached hydrogens (tertiary/aromatic N) is 1. The highest BCUT2D eigenvalue weighted by Crippen LogP contribution is 2.43. The van der Waals surface area contributed by atoms with E-state index in [9.17, 15) is 4.79 Å². The zero-order valence-corrected chi connectivity index (χ0v) is 13.7. The molecule has 2 aliphatic rings. The van der Waals surface area contributed by atoms with Gasteiger partial charge in [-0.15, -0.1) is 0 Å². The number of para-hydroxylation sites is 1. The van der Waals surface area contributed by atoms with Crippen molar-refractivity contribution < 1.29 is 4.79 Å². The lowest BCUT2D eigenvalue weighted by atomic mass is 9.88. The molecular formula is C20H24N2O. The third kappa shape index (κ3) is 3.54. The zero-order valence-electron chi connectivity index (χ0n) is 13.7. The molecule has 1 heterocycles. The first-order valence-electron chi connectivity index (χ1n) is 8.79. The molecule has 3 nitrogen and oxygen atoms in total. The van der Waals surface area contributed by atoms with E-state index in [0.717, 1.165) is 35.6 Å². The molecule has 0 aliphatic heterocycles. The van der Waals surface area contributed by atoms with Crippen LogP contribution in [0.15, 0.2) is 36.5 Å². The average molecular weight is 308 g/mol. The lowest BCUT2D eigenvalue weighted by molar-refractivity contribution is 0.0889. The number of fused-ring (bicyclic) bond motifs is 1. The third-order valence-electron chi connectivity index (χ3n) is 5.14. The van der Waals surface area contributed by atoms with Crippen LogP contribution in [0.25, 0.3) is 10.9 Å². The van der Waals surface area contributed by atoms with Crippen LogP contribution in [-0.4, -0.2) is 16.4 Å². The highest BCUT2D eigenvalue weighted by Gasteiger charge is 2.39. The summed E-state index contributed by atoms with van der Waals surface area (Å²) in [6, 6.07) is 9.88. The maximum absolute atomic E-state index is 12.8. The quantitative estimate of drug-likeness (QED) is 0.863. The summed E-state index contributed by atoms with van der Waals surface area (Å²) in [5.74, 6) is 1.65. The van der Waals surface area contributed by atoms with E-state index in [1.807, 2.05) is 30.3 Å². The molecule has 0 radical (unpaired) electrons. The van der Waals surface area contributed by atoms with Crippen LogP contribution in [-0.2, 0) is 0 Å². The monoisotopic (exact) mass is 308 g/mol. The highest BCUT2D eigenvalue weighted by atomic mass is 16.1. The lowest BCUT2D eigenvalue weighted by Gasteiger charge is -2.31. The Morgan fingerprint density at radius 1 is 1.17 bits per heavy atom. The predicted molar refractivity (Wildman–Crippen MR) is 92.3 cm³/mol. The van der Waals surface area contributed by atoms with Crippen molar-refractivity contribution >= 4 is 16.8 Å². The molecule has 1 N–H and O–H groups in total. The van der Waals surface area contributed by atoms with Gasteiger partial charge in [-0.25, -0.2) is 0 Å². The van der Waals surface area contributed by atoms with Crippen LogP contribution in [0.5, 0.6) is 0 Å². The fourth-order valence-electron chi connectivity index (χ4n) is 3.65. The second kappa shape index (κ2) is 5.63. The fourth-order valence-corrected chi connectivity index (χ4v) is 3.65. The van der Waals surface area contributed by atoms with Crippen LogP contribution in [0.4, 0.5) is 0 Å². The smallest absolute Gasteiger partial charge is 0.253 e. The van der Waals surface area contributed by atoms with Crippen molar-refractivity contribution in [3.05, 3.63) is 42.1 Å². The van der Waals surface area contributed by atoms with Crippen molar-refractivity contribution in [2.24, 2.45) is 11.8 Å². The molecule has 1 aromatic carbocycles. The van der Waals surface area contributed by atoms with Gasteiger partial charge in [0.2, 0.25) is 0 Å². The van der Waals surface area contributed by atoms with Gasteiger partial charge >= 0.3 is 0 Å². The molecule has 0 unspecified atom stereocenters. The number of amides is 1. The van der Waals surface area contributed by atoms with Gasteiger partial charge in [0.1, 0.15) is 0 Å². The molecule has 4 rings (SSSR count). The van der Waals surface area contributed by atoms with Gasteiger partial charge in [-0.3, -0.25) is 9.78 Å². The number of hydrogen-bond donors (Lipinski definition) is 1. The van der Waals surface area contributed by atoms with Crippen LogP contribution in [0, 0.1) is 11.8 Å². The number of carbonyl (C=O) groups is 1. The normalized spacial score (nSPS) is 18.1. The summed E-state index contributed by atoms with van der Waals surface area (Å²) in [7, 11) is 0. The molecular weight excluding hydrogens is 284 g/mol. The molecule has 2 aliphatic carbocycles. The number of aromatic nitrogens is 1. The van der Waals surface area contributed by atoms with Crippen molar-refractivity contribution in [1.29, 1.82) is 0 Å². The van der Waals surface area contributed by atoms with Crippen molar-refractivity contribution in [3.8, 4) is 0 Å². The molecule has 0 spiro atoms. The van der Waals surface area contributed by atoms with Crippen molar-refractivity contribution in [2.75, 3.05) is 0 Å².